The van der Waals surface area contributed by atoms with Crippen LogP contribution in [0.3, 0.4) is 0 Å². The van der Waals surface area contributed by atoms with Gasteiger partial charge in [0.1, 0.15) is 11.6 Å². The van der Waals surface area contributed by atoms with Gasteiger partial charge in [-0.1, -0.05) is 115 Å². The van der Waals surface area contributed by atoms with Gasteiger partial charge in [-0.3, -0.25) is 0 Å². The summed E-state index contributed by atoms with van der Waals surface area (Å²) in [4.78, 5) is 13.9. The Labute approximate surface area is 234 Å². The summed E-state index contributed by atoms with van der Waals surface area (Å²) in [5, 5.41) is 6.42. The molecule has 0 spiro atoms. The van der Waals surface area contributed by atoms with E-state index in [0.29, 0.717) is 5.82 Å². The lowest BCUT2D eigenvalue weighted by atomic mass is 10.2. The molecule has 0 saturated carbocycles. The van der Waals surface area contributed by atoms with Crippen LogP contribution in [0.5, 0.6) is 0 Å². The molecule has 0 saturated heterocycles. The number of aryl methyl sites for hydroxylation is 2. The lowest BCUT2D eigenvalue weighted by Crippen LogP contribution is -2.72. The molecule has 0 amide bonds. The maximum atomic E-state index is 4.72. The zero-order valence-electron chi connectivity index (χ0n) is 22.5. The number of para-hydroxylation sites is 2. The van der Waals surface area contributed by atoms with E-state index in [0.717, 1.165) is 17.2 Å². The molecule has 0 atom stereocenters. The van der Waals surface area contributed by atoms with Gasteiger partial charge in [-0.05, 0) is 47.6 Å². The van der Waals surface area contributed by atoms with Crippen LogP contribution in [-0.2, 0) is 0 Å². The summed E-state index contributed by atoms with van der Waals surface area (Å²) in [5.74, 6) is 2.16. The molecule has 0 fully saturated rings. The monoisotopic (exact) mass is 532 g/mol. The van der Waals surface area contributed by atoms with Gasteiger partial charge in [0, 0.05) is 27.4 Å². The lowest BCUT2D eigenvalue weighted by molar-refractivity contribution is 0.929. The van der Waals surface area contributed by atoms with Crippen LogP contribution in [0, 0.1) is 13.8 Å². The third kappa shape index (κ3) is 3.78. The van der Waals surface area contributed by atoms with Crippen LogP contribution in [0.15, 0.2) is 133 Å². The molecule has 5 aromatic carbocycles. The van der Waals surface area contributed by atoms with Gasteiger partial charge in [-0.25, -0.2) is 15.0 Å². The highest BCUT2D eigenvalue weighted by molar-refractivity contribution is 7.11. The average molecular weight is 533 g/mol. The second kappa shape index (κ2) is 9.70. The summed E-state index contributed by atoms with van der Waals surface area (Å²) < 4.78 is 2.66. The van der Waals surface area contributed by atoms with Crippen LogP contribution < -0.4 is 15.6 Å². The molecule has 7 rings (SSSR count). The standard InChI is InChI=1S/C35H28N4Si/c1-25-36-26(2)38-35(37-25)27-14-13-19-30(24-27)40(28-15-5-3-6-16-28,29-17-7-4-8-18-29)39-33-22-11-9-20-31(33)32-21-10-12-23-34(32)39/h3-24H,1-2H3. The first kappa shape index (κ1) is 24.2. The Hall–Kier alpha value is -4.87. The van der Waals surface area contributed by atoms with Crippen molar-refractivity contribution < 1.29 is 0 Å². The zero-order valence-corrected chi connectivity index (χ0v) is 23.5. The number of aromatic nitrogens is 4. The minimum absolute atomic E-state index is 0.707. The van der Waals surface area contributed by atoms with Crippen molar-refractivity contribution in [1.82, 2.24) is 19.2 Å². The highest BCUT2D eigenvalue weighted by Gasteiger charge is 2.44. The van der Waals surface area contributed by atoms with Crippen LogP contribution in [0.4, 0.5) is 0 Å². The molecule has 2 aromatic heterocycles. The molecule has 4 nitrogen and oxygen atoms in total. The minimum atomic E-state index is -2.92. The number of hydrogen-bond donors (Lipinski definition) is 0. The summed E-state index contributed by atoms with van der Waals surface area (Å²) in [5.41, 5.74) is 3.47. The highest BCUT2D eigenvalue weighted by Crippen LogP contribution is 2.32. The van der Waals surface area contributed by atoms with Crippen LogP contribution in [0.2, 0.25) is 0 Å². The normalized spacial score (nSPS) is 11.8. The Morgan fingerprint density at radius 3 is 1.50 bits per heavy atom. The molecule has 40 heavy (non-hydrogen) atoms. The van der Waals surface area contributed by atoms with Gasteiger partial charge in [0.05, 0.1) is 0 Å². The number of rotatable bonds is 5. The number of hydrogen-bond acceptors (Lipinski definition) is 3. The Balaban J connectivity index is 1.67. The van der Waals surface area contributed by atoms with E-state index in [2.05, 4.69) is 143 Å². The summed E-state index contributed by atoms with van der Waals surface area (Å²) in [6.45, 7) is 3.85. The van der Waals surface area contributed by atoms with Gasteiger partial charge in [-0.2, -0.15) is 0 Å². The summed E-state index contributed by atoms with van der Waals surface area (Å²) in [7, 11) is -2.92. The van der Waals surface area contributed by atoms with Crippen molar-refractivity contribution in [1.29, 1.82) is 0 Å². The molecule has 5 heteroatoms. The molecule has 192 valence electrons. The average Bonchev–Trinajstić information content (AvgIpc) is 3.33. The topological polar surface area (TPSA) is 43.6 Å². The molecule has 0 radical (unpaired) electrons. The van der Waals surface area contributed by atoms with Crippen molar-refractivity contribution in [2.45, 2.75) is 13.8 Å². The summed E-state index contributed by atoms with van der Waals surface area (Å²) >= 11 is 0. The Morgan fingerprint density at radius 1 is 0.475 bits per heavy atom. The summed E-state index contributed by atoms with van der Waals surface area (Å²) in [6, 6.07) is 48.5. The number of nitrogens with zero attached hydrogens (tertiary/aromatic N) is 4. The van der Waals surface area contributed by atoms with Crippen molar-refractivity contribution in [3.05, 3.63) is 145 Å². The number of fused-ring (bicyclic) bond motifs is 3. The second-order valence-corrected chi connectivity index (χ2v) is 13.7. The SMILES string of the molecule is Cc1nc(C)nc(-c2cccc([Si](c3ccccc3)(c3ccccc3)n3c4ccccc4c4ccccc43)c2)n1. The summed E-state index contributed by atoms with van der Waals surface area (Å²) in [6.07, 6.45) is 0. The van der Waals surface area contributed by atoms with Gasteiger partial charge < -0.3 is 4.23 Å². The molecule has 0 aliphatic heterocycles. The minimum Gasteiger partial charge on any atom is -0.355 e. The van der Waals surface area contributed by atoms with Gasteiger partial charge in [0.15, 0.2) is 5.82 Å². The largest absolute Gasteiger partial charge is 0.355 e. The van der Waals surface area contributed by atoms with Crippen LogP contribution in [-0.4, -0.2) is 27.4 Å². The van der Waals surface area contributed by atoms with Crippen LogP contribution in [0.25, 0.3) is 33.2 Å². The molecule has 0 bridgehead atoms. The third-order valence-corrected chi connectivity index (χ3v) is 12.3. The van der Waals surface area contributed by atoms with Gasteiger partial charge in [-0.15, -0.1) is 0 Å². The molecular formula is C35H28N4Si. The van der Waals surface area contributed by atoms with E-state index in [1.807, 2.05) is 13.8 Å². The Kier molecular flexibility index (Phi) is 5.87. The van der Waals surface area contributed by atoms with E-state index in [-0.39, 0.29) is 0 Å². The zero-order chi connectivity index (χ0) is 27.1. The fourth-order valence-electron chi connectivity index (χ4n) is 6.16. The van der Waals surface area contributed by atoms with Crippen molar-refractivity contribution >= 4 is 45.6 Å². The molecule has 0 N–H and O–H groups in total. The molecular weight excluding hydrogens is 504 g/mol. The molecule has 7 aromatic rings. The molecule has 0 unspecified atom stereocenters. The number of benzene rings is 5. The van der Waals surface area contributed by atoms with Crippen molar-refractivity contribution in [3.63, 3.8) is 0 Å². The van der Waals surface area contributed by atoms with Gasteiger partial charge in [0.25, 0.3) is 8.24 Å². The third-order valence-electron chi connectivity index (χ3n) is 7.70. The van der Waals surface area contributed by atoms with E-state index in [4.69, 9.17) is 9.97 Å². The molecule has 2 heterocycles. The van der Waals surface area contributed by atoms with Gasteiger partial charge in [0.2, 0.25) is 0 Å². The predicted octanol–water partition coefficient (Wildman–Crippen LogP) is 5.78. The maximum Gasteiger partial charge on any atom is 0.257 e. The quantitative estimate of drug-likeness (QED) is 0.209. The Morgan fingerprint density at radius 2 is 0.950 bits per heavy atom. The van der Waals surface area contributed by atoms with Crippen molar-refractivity contribution in [2.24, 2.45) is 0 Å². The first-order valence-corrected chi connectivity index (χ1v) is 15.5. The fraction of sp³-hybridized carbons (Fsp3) is 0.0571. The van der Waals surface area contributed by atoms with Crippen LogP contribution >= 0.6 is 0 Å². The Bertz CT molecular complexity index is 1870. The molecule has 0 aliphatic carbocycles. The second-order valence-electron chi connectivity index (χ2n) is 10.1. The van der Waals surface area contributed by atoms with Crippen molar-refractivity contribution in [2.75, 3.05) is 0 Å². The van der Waals surface area contributed by atoms with E-state index in [1.165, 1.54) is 37.4 Å². The maximum absolute atomic E-state index is 4.72. The first-order chi connectivity index (χ1) is 19.7. The first-order valence-electron chi connectivity index (χ1n) is 13.6. The van der Waals surface area contributed by atoms with E-state index in [9.17, 15) is 0 Å². The smallest absolute Gasteiger partial charge is 0.257 e. The fourth-order valence-corrected chi connectivity index (χ4v) is 11.1. The molecule has 0 aliphatic rings. The van der Waals surface area contributed by atoms with Gasteiger partial charge >= 0.3 is 0 Å². The van der Waals surface area contributed by atoms with E-state index >= 15 is 0 Å². The van der Waals surface area contributed by atoms with Crippen LogP contribution in [0.1, 0.15) is 11.6 Å². The highest BCUT2D eigenvalue weighted by atomic mass is 28.3. The van der Waals surface area contributed by atoms with Crippen molar-refractivity contribution in [3.8, 4) is 11.4 Å². The predicted molar refractivity (Wildman–Crippen MR) is 167 cm³/mol. The van der Waals surface area contributed by atoms with E-state index < -0.39 is 8.24 Å². The van der Waals surface area contributed by atoms with E-state index in [1.54, 1.807) is 0 Å². The lowest BCUT2D eigenvalue weighted by Gasteiger charge is -2.36.